The lowest BCUT2D eigenvalue weighted by molar-refractivity contribution is -0.142. The Morgan fingerprint density at radius 3 is 2.35 bits per heavy atom. The third kappa shape index (κ3) is 6.53. The number of phenolic OH excluding ortho intramolecular Hbond substituents is 1. The second-order valence-corrected chi connectivity index (χ2v) is 8.78. The van der Waals surface area contributed by atoms with E-state index in [0.717, 1.165) is 16.5 Å². The van der Waals surface area contributed by atoms with Crippen molar-refractivity contribution in [2.24, 2.45) is 5.73 Å². The van der Waals surface area contributed by atoms with Crippen molar-refractivity contribution in [3.63, 3.8) is 0 Å². The number of nitrogens with two attached hydrogens (primary N) is 1. The molecule has 2 amide bonds. The summed E-state index contributed by atoms with van der Waals surface area (Å²) in [4.78, 5) is 48.1. The number of para-hydroxylation sites is 1. The molecule has 4 rings (SSSR count). The molecule has 4 aromatic rings. The maximum absolute atomic E-state index is 13.3. The van der Waals surface area contributed by atoms with Gasteiger partial charge in [-0.15, -0.1) is 0 Å². The van der Waals surface area contributed by atoms with Gasteiger partial charge in [0, 0.05) is 48.3 Å². The summed E-state index contributed by atoms with van der Waals surface area (Å²) >= 11 is 0. The maximum Gasteiger partial charge on any atom is 0.326 e. The SMILES string of the molecule is NC(Cc1cnc[nH]1)C(=O)NC(Cc1ccc(O)cc1)C(=O)NC(Cc1c[nH]c2ccccc12)C(=O)O. The van der Waals surface area contributed by atoms with E-state index >= 15 is 0 Å². The minimum absolute atomic E-state index is 0.0459. The molecular weight excluding hydrogens is 476 g/mol. The molecule has 37 heavy (non-hydrogen) atoms. The average Bonchev–Trinajstić information content (AvgIpc) is 3.54. The lowest BCUT2D eigenvalue weighted by Gasteiger charge is -2.23. The molecule has 0 saturated heterocycles. The molecule has 3 atom stereocenters. The van der Waals surface area contributed by atoms with Gasteiger partial charge in [-0.1, -0.05) is 30.3 Å². The summed E-state index contributed by atoms with van der Waals surface area (Å²) in [7, 11) is 0. The van der Waals surface area contributed by atoms with E-state index in [9.17, 15) is 24.6 Å². The summed E-state index contributed by atoms with van der Waals surface area (Å²) in [5.41, 5.74) is 8.95. The average molecular weight is 505 g/mol. The molecular formula is C26H28N6O5. The van der Waals surface area contributed by atoms with E-state index in [-0.39, 0.29) is 25.0 Å². The number of carbonyl (C=O) groups excluding carboxylic acids is 2. The number of aliphatic carboxylic acids is 1. The number of aromatic nitrogens is 3. The first-order valence-corrected chi connectivity index (χ1v) is 11.7. The molecule has 8 N–H and O–H groups in total. The third-order valence-corrected chi connectivity index (χ3v) is 6.05. The van der Waals surface area contributed by atoms with Crippen LogP contribution in [0.5, 0.6) is 5.75 Å². The Hall–Kier alpha value is -4.64. The molecule has 11 heteroatoms. The van der Waals surface area contributed by atoms with Crippen LogP contribution in [0.2, 0.25) is 0 Å². The molecule has 2 aromatic carbocycles. The van der Waals surface area contributed by atoms with Crippen LogP contribution in [0, 0.1) is 0 Å². The van der Waals surface area contributed by atoms with Crippen molar-refractivity contribution >= 4 is 28.7 Å². The summed E-state index contributed by atoms with van der Waals surface area (Å²) in [5.74, 6) is -2.39. The van der Waals surface area contributed by atoms with E-state index in [1.54, 1.807) is 24.5 Å². The van der Waals surface area contributed by atoms with Crippen molar-refractivity contribution in [3.8, 4) is 5.75 Å². The molecule has 2 aromatic heterocycles. The predicted octanol–water partition coefficient (Wildman–Crippen LogP) is 1.01. The fourth-order valence-corrected chi connectivity index (χ4v) is 4.07. The van der Waals surface area contributed by atoms with E-state index in [0.29, 0.717) is 11.3 Å². The summed E-state index contributed by atoms with van der Waals surface area (Å²) in [6.07, 6.45) is 5.03. The smallest absolute Gasteiger partial charge is 0.326 e. The fraction of sp³-hybridized carbons (Fsp3) is 0.231. The van der Waals surface area contributed by atoms with Crippen LogP contribution in [0.25, 0.3) is 10.9 Å². The van der Waals surface area contributed by atoms with E-state index in [1.807, 2.05) is 24.3 Å². The lowest BCUT2D eigenvalue weighted by atomic mass is 10.0. The molecule has 0 fully saturated rings. The number of hydrogen-bond acceptors (Lipinski definition) is 6. The number of imidazole rings is 1. The Kier molecular flexibility index (Phi) is 7.84. The highest BCUT2D eigenvalue weighted by atomic mass is 16.4. The van der Waals surface area contributed by atoms with Gasteiger partial charge in [-0.25, -0.2) is 9.78 Å². The number of amides is 2. The Labute approximate surface area is 212 Å². The summed E-state index contributed by atoms with van der Waals surface area (Å²) in [6.45, 7) is 0. The Morgan fingerprint density at radius 2 is 1.65 bits per heavy atom. The van der Waals surface area contributed by atoms with Crippen LogP contribution in [0.1, 0.15) is 16.8 Å². The molecule has 0 saturated carbocycles. The molecule has 2 heterocycles. The highest BCUT2D eigenvalue weighted by molar-refractivity contribution is 5.92. The monoisotopic (exact) mass is 504 g/mol. The molecule has 0 aliphatic heterocycles. The van der Waals surface area contributed by atoms with E-state index in [2.05, 4.69) is 25.6 Å². The maximum atomic E-state index is 13.3. The largest absolute Gasteiger partial charge is 0.508 e. The van der Waals surface area contributed by atoms with Crippen LogP contribution < -0.4 is 16.4 Å². The van der Waals surface area contributed by atoms with Gasteiger partial charge in [0.1, 0.15) is 17.8 Å². The number of rotatable bonds is 11. The number of aromatic amines is 2. The van der Waals surface area contributed by atoms with E-state index in [4.69, 9.17) is 5.73 Å². The second kappa shape index (κ2) is 11.4. The fourth-order valence-electron chi connectivity index (χ4n) is 4.07. The molecule has 192 valence electrons. The van der Waals surface area contributed by atoms with Crippen LogP contribution in [0.4, 0.5) is 0 Å². The van der Waals surface area contributed by atoms with Gasteiger partial charge in [-0.3, -0.25) is 9.59 Å². The first kappa shape index (κ1) is 25.5. The Balaban J connectivity index is 1.50. The first-order valence-electron chi connectivity index (χ1n) is 11.7. The number of benzene rings is 2. The minimum atomic E-state index is -1.23. The zero-order valence-electron chi connectivity index (χ0n) is 19.8. The molecule has 0 radical (unpaired) electrons. The normalized spacial score (nSPS) is 13.5. The zero-order chi connectivity index (χ0) is 26.4. The second-order valence-electron chi connectivity index (χ2n) is 8.78. The van der Waals surface area contributed by atoms with Crippen LogP contribution in [-0.2, 0) is 33.6 Å². The quantitative estimate of drug-likeness (QED) is 0.159. The predicted molar refractivity (Wildman–Crippen MR) is 136 cm³/mol. The van der Waals surface area contributed by atoms with Crippen molar-refractivity contribution in [1.82, 2.24) is 25.6 Å². The van der Waals surface area contributed by atoms with E-state index in [1.165, 1.54) is 18.5 Å². The van der Waals surface area contributed by atoms with Gasteiger partial charge in [0.15, 0.2) is 0 Å². The van der Waals surface area contributed by atoms with Gasteiger partial charge in [-0.05, 0) is 29.3 Å². The number of nitrogens with zero attached hydrogens (tertiary/aromatic N) is 1. The molecule has 0 aliphatic carbocycles. The van der Waals surface area contributed by atoms with Crippen molar-refractivity contribution in [1.29, 1.82) is 0 Å². The number of carboxylic acids is 1. The minimum Gasteiger partial charge on any atom is -0.508 e. The number of nitrogens with one attached hydrogen (secondary N) is 4. The Bertz CT molecular complexity index is 1370. The Morgan fingerprint density at radius 1 is 0.919 bits per heavy atom. The topological polar surface area (TPSA) is 186 Å². The number of carboxylic acid groups (broad SMARTS) is 1. The van der Waals surface area contributed by atoms with Crippen LogP contribution in [-0.4, -0.2) is 61.1 Å². The van der Waals surface area contributed by atoms with Gasteiger partial charge >= 0.3 is 5.97 Å². The third-order valence-electron chi connectivity index (χ3n) is 6.05. The van der Waals surface area contributed by atoms with E-state index < -0.39 is 35.9 Å². The van der Waals surface area contributed by atoms with Gasteiger partial charge in [0.2, 0.25) is 11.8 Å². The molecule has 3 unspecified atom stereocenters. The number of aromatic hydroxyl groups is 1. The highest BCUT2D eigenvalue weighted by Gasteiger charge is 2.29. The lowest BCUT2D eigenvalue weighted by Crippen LogP contribution is -2.55. The highest BCUT2D eigenvalue weighted by Crippen LogP contribution is 2.19. The molecule has 0 bridgehead atoms. The molecule has 0 aliphatic rings. The summed E-state index contributed by atoms with van der Waals surface area (Å²) in [5, 5.41) is 25.5. The van der Waals surface area contributed by atoms with Gasteiger partial charge in [-0.2, -0.15) is 0 Å². The van der Waals surface area contributed by atoms with Crippen LogP contribution >= 0.6 is 0 Å². The van der Waals surface area contributed by atoms with Crippen molar-refractivity contribution in [3.05, 3.63) is 84.1 Å². The number of fused-ring (bicyclic) bond motifs is 1. The van der Waals surface area contributed by atoms with Crippen molar-refractivity contribution in [2.75, 3.05) is 0 Å². The first-order chi connectivity index (χ1) is 17.8. The van der Waals surface area contributed by atoms with Crippen LogP contribution in [0.15, 0.2) is 67.3 Å². The van der Waals surface area contributed by atoms with Crippen molar-refractivity contribution in [2.45, 2.75) is 37.4 Å². The van der Waals surface area contributed by atoms with Crippen LogP contribution in [0.3, 0.4) is 0 Å². The number of carbonyl (C=O) groups is 3. The number of hydrogen-bond donors (Lipinski definition) is 7. The standard InChI is InChI=1S/C26H28N6O5/c27-20(11-17-13-28-14-30-17)24(34)31-22(9-15-5-7-18(33)8-6-15)25(35)32-23(26(36)37)10-16-12-29-21-4-2-1-3-19(16)21/h1-8,12-14,20,22-23,29,33H,9-11,27H2,(H,28,30)(H,31,34)(H,32,35)(H,36,37). The van der Waals surface area contributed by atoms with Crippen molar-refractivity contribution < 1.29 is 24.6 Å². The van der Waals surface area contributed by atoms with Gasteiger partial charge < -0.3 is 36.5 Å². The molecule has 11 nitrogen and oxygen atoms in total. The summed E-state index contributed by atoms with van der Waals surface area (Å²) in [6, 6.07) is 10.3. The number of H-pyrrole nitrogens is 2. The van der Waals surface area contributed by atoms with Gasteiger partial charge in [0.05, 0.1) is 12.4 Å². The van der Waals surface area contributed by atoms with Gasteiger partial charge in [0.25, 0.3) is 0 Å². The molecule has 0 spiro atoms. The number of phenols is 1. The zero-order valence-corrected chi connectivity index (χ0v) is 19.8. The summed E-state index contributed by atoms with van der Waals surface area (Å²) < 4.78 is 0.